The Balaban J connectivity index is 2.11. The SMILES string of the molecule is CCc1nc(Cl)cc(Nc2onc(-c3c(Cl)cccc3Cl)c2C(=O)OC)n1. The quantitative estimate of drug-likeness (QED) is 0.443. The van der Waals surface area contributed by atoms with Crippen LogP contribution in [0.25, 0.3) is 11.3 Å². The van der Waals surface area contributed by atoms with E-state index < -0.39 is 5.97 Å². The fourth-order valence-electron chi connectivity index (χ4n) is 2.36. The fraction of sp³-hybridized carbons (Fsp3) is 0.176. The van der Waals surface area contributed by atoms with E-state index in [1.54, 1.807) is 18.2 Å². The van der Waals surface area contributed by atoms with Crippen LogP contribution < -0.4 is 5.32 Å². The Bertz CT molecular complexity index is 987. The third-order valence-corrected chi connectivity index (χ3v) is 4.40. The molecule has 0 saturated heterocycles. The number of hydrogen-bond donors (Lipinski definition) is 1. The number of aromatic nitrogens is 3. The molecule has 0 atom stereocenters. The predicted octanol–water partition coefficient (Wildman–Crippen LogP) is 5.18. The standard InChI is InChI=1S/C17H13Cl3N4O3/c1-3-11-21-10(20)7-12(22-11)23-16-14(17(25)26-2)15(24-27-16)13-8(18)5-4-6-9(13)19/h4-7H,3H2,1-2H3,(H,21,22,23). The van der Waals surface area contributed by atoms with Gasteiger partial charge in [-0.2, -0.15) is 0 Å². The van der Waals surface area contributed by atoms with Crippen molar-refractivity contribution in [3.8, 4) is 11.3 Å². The van der Waals surface area contributed by atoms with Gasteiger partial charge in [0.25, 0.3) is 0 Å². The van der Waals surface area contributed by atoms with Crippen LogP contribution in [0.1, 0.15) is 23.1 Å². The lowest BCUT2D eigenvalue weighted by atomic mass is 10.1. The molecular formula is C17H13Cl3N4O3. The number of esters is 1. The van der Waals surface area contributed by atoms with E-state index in [4.69, 9.17) is 44.1 Å². The number of benzene rings is 1. The van der Waals surface area contributed by atoms with Crippen LogP contribution in [-0.4, -0.2) is 28.2 Å². The highest BCUT2D eigenvalue weighted by Gasteiger charge is 2.28. The van der Waals surface area contributed by atoms with E-state index in [2.05, 4.69) is 20.4 Å². The monoisotopic (exact) mass is 426 g/mol. The third kappa shape index (κ3) is 4.00. The summed E-state index contributed by atoms with van der Waals surface area (Å²) in [6.45, 7) is 1.89. The molecule has 1 N–H and O–H groups in total. The smallest absolute Gasteiger partial charge is 0.345 e. The van der Waals surface area contributed by atoms with Crippen LogP contribution in [0.4, 0.5) is 11.7 Å². The molecule has 0 aliphatic rings. The number of hydrogen-bond acceptors (Lipinski definition) is 7. The van der Waals surface area contributed by atoms with E-state index in [1.165, 1.54) is 13.2 Å². The summed E-state index contributed by atoms with van der Waals surface area (Å²) in [6.07, 6.45) is 0.579. The van der Waals surface area contributed by atoms with Crippen molar-refractivity contribution in [2.75, 3.05) is 12.4 Å². The molecule has 0 amide bonds. The highest BCUT2D eigenvalue weighted by molar-refractivity contribution is 6.39. The number of nitrogens with one attached hydrogen (secondary N) is 1. The maximum absolute atomic E-state index is 12.4. The lowest BCUT2D eigenvalue weighted by molar-refractivity contribution is 0.0602. The van der Waals surface area contributed by atoms with Gasteiger partial charge in [0, 0.05) is 18.1 Å². The second-order valence-electron chi connectivity index (χ2n) is 5.29. The van der Waals surface area contributed by atoms with Crippen LogP contribution in [-0.2, 0) is 11.2 Å². The molecule has 27 heavy (non-hydrogen) atoms. The molecule has 0 unspecified atom stereocenters. The molecule has 0 spiro atoms. The number of methoxy groups -OCH3 is 1. The summed E-state index contributed by atoms with van der Waals surface area (Å²) in [7, 11) is 1.24. The number of carbonyl (C=O) groups excluding carboxylic acids is 1. The number of ether oxygens (including phenoxy) is 1. The highest BCUT2D eigenvalue weighted by atomic mass is 35.5. The lowest BCUT2D eigenvalue weighted by Gasteiger charge is -2.07. The van der Waals surface area contributed by atoms with Crippen LogP contribution in [0.3, 0.4) is 0 Å². The molecule has 2 aromatic heterocycles. The van der Waals surface area contributed by atoms with E-state index in [0.717, 1.165) is 0 Å². The second-order valence-corrected chi connectivity index (χ2v) is 6.50. The normalized spacial score (nSPS) is 10.7. The largest absolute Gasteiger partial charge is 0.465 e. The van der Waals surface area contributed by atoms with Crippen LogP contribution in [0.5, 0.6) is 0 Å². The molecule has 3 aromatic rings. The molecule has 0 bridgehead atoms. The molecule has 0 aliphatic carbocycles. The first-order valence-electron chi connectivity index (χ1n) is 7.77. The molecule has 0 aliphatic heterocycles. The predicted molar refractivity (Wildman–Crippen MR) is 103 cm³/mol. The molecule has 0 fully saturated rings. The summed E-state index contributed by atoms with van der Waals surface area (Å²) in [5.74, 6) is 0.203. The average Bonchev–Trinajstić information content (AvgIpc) is 3.03. The number of anilines is 2. The van der Waals surface area contributed by atoms with E-state index in [1.807, 2.05) is 6.92 Å². The van der Waals surface area contributed by atoms with Gasteiger partial charge in [-0.3, -0.25) is 0 Å². The van der Waals surface area contributed by atoms with Crippen molar-refractivity contribution in [2.45, 2.75) is 13.3 Å². The zero-order valence-corrected chi connectivity index (χ0v) is 16.5. The first kappa shape index (κ1) is 19.4. The number of halogens is 3. The van der Waals surface area contributed by atoms with Crippen molar-refractivity contribution >= 4 is 52.5 Å². The molecule has 10 heteroatoms. The first-order chi connectivity index (χ1) is 12.9. The summed E-state index contributed by atoms with van der Waals surface area (Å²) in [5, 5.41) is 7.71. The van der Waals surface area contributed by atoms with Crippen molar-refractivity contribution in [1.82, 2.24) is 15.1 Å². The van der Waals surface area contributed by atoms with Crippen LogP contribution in [0.2, 0.25) is 15.2 Å². The minimum atomic E-state index is -0.680. The molecule has 0 radical (unpaired) electrons. The van der Waals surface area contributed by atoms with Crippen molar-refractivity contribution in [3.63, 3.8) is 0 Å². The highest BCUT2D eigenvalue weighted by Crippen LogP contribution is 2.39. The number of rotatable bonds is 5. The molecule has 2 heterocycles. The summed E-state index contributed by atoms with van der Waals surface area (Å²) < 4.78 is 10.2. The van der Waals surface area contributed by atoms with Gasteiger partial charge in [0.2, 0.25) is 5.88 Å². The lowest BCUT2D eigenvalue weighted by Crippen LogP contribution is -2.07. The van der Waals surface area contributed by atoms with Gasteiger partial charge in [-0.1, -0.05) is 52.9 Å². The Morgan fingerprint density at radius 1 is 1.22 bits per heavy atom. The van der Waals surface area contributed by atoms with Gasteiger partial charge in [0.1, 0.15) is 22.5 Å². The van der Waals surface area contributed by atoms with Gasteiger partial charge in [-0.15, -0.1) is 0 Å². The Morgan fingerprint density at radius 3 is 2.56 bits per heavy atom. The second kappa shape index (κ2) is 8.12. The maximum atomic E-state index is 12.4. The average molecular weight is 428 g/mol. The number of aryl methyl sites for hydroxylation is 1. The number of carbonyl (C=O) groups is 1. The van der Waals surface area contributed by atoms with Crippen molar-refractivity contribution in [2.24, 2.45) is 0 Å². The third-order valence-electron chi connectivity index (χ3n) is 3.58. The Morgan fingerprint density at radius 2 is 1.93 bits per heavy atom. The Hall–Kier alpha value is -2.35. The van der Waals surface area contributed by atoms with Gasteiger partial charge in [-0.25, -0.2) is 14.8 Å². The van der Waals surface area contributed by atoms with E-state index in [0.29, 0.717) is 33.7 Å². The zero-order valence-electron chi connectivity index (χ0n) is 14.2. The van der Waals surface area contributed by atoms with Crippen molar-refractivity contribution in [1.29, 1.82) is 0 Å². The molecular weight excluding hydrogens is 415 g/mol. The van der Waals surface area contributed by atoms with Gasteiger partial charge in [0.15, 0.2) is 5.56 Å². The molecule has 140 valence electrons. The minimum absolute atomic E-state index is 0.0182. The van der Waals surface area contributed by atoms with Gasteiger partial charge in [-0.05, 0) is 12.1 Å². The van der Waals surface area contributed by atoms with Gasteiger partial charge < -0.3 is 14.6 Å². The fourth-order valence-corrected chi connectivity index (χ4v) is 3.14. The first-order valence-corrected chi connectivity index (χ1v) is 8.90. The van der Waals surface area contributed by atoms with Crippen LogP contribution >= 0.6 is 34.8 Å². The topological polar surface area (TPSA) is 90.1 Å². The summed E-state index contributed by atoms with van der Waals surface area (Å²) in [4.78, 5) is 20.8. The van der Waals surface area contributed by atoms with Gasteiger partial charge in [0.05, 0.1) is 17.2 Å². The molecule has 0 saturated carbocycles. The van der Waals surface area contributed by atoms with E-state index in [9.17, 15) is 4.79 Å². The minimum Gasteiger partial charge on any atom is -0.465 e. The van der Waals surface area contributed by atoms with Crippen LogP contribution in [0.15, 0.2) is 28.8 Å². The summed E-state index contributed by atoms with van der Waals surface area (Å²) in [5.41, 5.74) is 0.532. The molecule has 1 aromatic carbocycles. The number of nitrogens with zero attached hydrogens (tertiary/aromatic N) is 3. The Labute approximate surface area is 169 Å². The molecule has 3 rings (SSSR count). The van der Waals surface area contributed by atoms with Gasteiger partial charge >= 0.3 is 5.97 Å². The zero-order chi connectivity index (χ0) is 19.6. The van der Waals surface area contributed by atoms with Crippen LogP contribution in [0, 0.1) is 0 Å². The van der Waals surface area contributed by atoms with Crippen molar-refractivity contribution in [3.05, 3.63) is 50.9 Å². The maximum Gasteiger partial charge on any atom is 0.345 e. The van der Waals surface area contributed by atoms with E-state index in [-0.39, 0.29) is 22.3 Å². The summed E-state index contributed by atoms with van der Waals surface area (Å²) in [6, 6.07) is 6.43. The molecule has 7 nitrogen and oxygen atoms in total. The summed E-state index contributed by atoms with van der Waals surface area (Å²) >= 11 is 18.5. The van der Waals surface area contributed by atoms with Crippen molar-refractivity contribution < 1.29 is 14.1 Å². The Kier molecular flexibility index (Phi) is 5.84. The van der Waals surface area contributed by atoms with E-state index >= 15 is 0 Å².